The van der Waals surface area contributed by atoms with Crippen LogP contribution in [0.2, 0.25) is 0 Å². The highest BCUT2D eigenvalue weighted by Crippen LogP contribution is 2.32. The number of rotatable bonds is 6. The zero-order valence-corrected chi connectivity index (χ0v) is 17.1. The number of amides is 1. The van der Waals surface area contributed by atoms with Gasteiger partial charge in [0.05, 0.1) is 13.0 Å². The van der Waals surface area contributed by atoms with E-state index in [2.05, 4.69) is 17.4 Å². The van der Waals surface area contributed by atoms with Gasteiger partial charge < -0.3 is 10.4 Å². The van der Waals surface area contributed by atoms with Gasteiger partial charge in [0.2, 0.25) is 5.91 Å². The molecule has 0 saturated heterocycles. The fourth-order valence-corrected chi connectivity index (χ4v) is 4.40. The number of hydrogen-bond donors (Lipinski definition) is 2. The second-order valence-corrected chi connectivity index (χ2v) is 8.52. The van der Waals surface area contributed by atoms with E-state index in [1.807, 2.05) is 72.8 Å². The van der Waals surface area contributed by atoms with Crippen molar-refractivity contribution in [2.24, 2.45) is 0 Å². The zero-order valence-electron chi connectivity index (χ0n) is 16.3. The van der Waals surface area contributed by atoms with Crippen molar-refractivity contribution in [1.82, 2.24) is 5.32 Å². The van der Waals surface area contributed by atoms with Crippen molar-refractivity contribution in [2.75, 3.05) is 6.54 Å². The summed E-state index contributed by atoms with van der Waals surface area (Å²) in [7, 11) is 0. The molecule has 0 aliphatic carbocycles. The summed E-state index contributed by atoms with van der Waals surface area (Å²) in [5.74, 6) is -0.0983. The maximum atomic E-state index is 12.4. The van der Waals surface area contributed by atoms with Crippen molar-refractivity contribution in [2.45, 2.75) is 18.9 Å². The minimum absolute atomic E-state index is 0.0983. The Morgan fingerprint density at radius 2 is 1.59 bits per heavy atom. The summed E-state index contributed by atoms with van der Waals surface area (Å²) in [5.41, 5.74) is 2.13. The van der Waals surface area contributed by atoms with Gasteiger partial charge in [-0.2, -0.15) is 0 Å². The van der Waals surface area contributed by atoms with Gasteiger partial charge in [0.1, 0.15) is 5.60 Å². The molecule has 1 aromatic heterocycles. The summed E-state index contributed by atoms with van der Waals surface area (Å²) in [5, 5.41) is 14.8. The molecule has 0 aliphatic rings. The maximum Gasteiger partial charge on any atom is 0.224 e. The Bertz CT molecular complexity index is 1080. The lowest BCUT2D eigenvalue weighted by Gasteiger charge is -2.22. The van der Waals surface area contributed by atoms with Crippen LogP contribution in [0.25, 0.3) is 21.2 Å². The molecule has 0 aliphatic heterocycles. The number of nitrogens with one attached hydrogen (secondary N) is 1. The molecule has 1 heterocycles. The molecule has 3 aromatic carbocycles. The minimum atomic E-state index is -1.10. The third kappa shape index (κ3) is 4.56. The Morgan fingerprint density at radius 1 is 0.931 bits per heavy atom. The topological polar surface area (TPSA) is 49.3 Å². The number of hydrogen-bond acceptors (Lipinski definition) is 3. The molecule has 0 bridgehead atoms. The van der Waals surface area contributed by atoms with Crippen molar-refractivity contribution < 1.29 is 9.90 Å². The van der Waals surface area contributed by atoms with Crippen molar-refractivity contribution in [3.8, 4) is 11.1 Å². The molecule has 0 radical (unpaired) electrons. The quantitative estimate of drug-likeness (QED) is 0.470. The van der Waals surface area contributed by atoms with Crippen LogP contribution in [0.3, 0.4) is 0 Å². The van der Waals surface area contributed by atoms with Gasteiger partial charge in [0.15, 0.2) is 0 Å². The Hall–Kier alpha value is -2.95. The summed E-state index contributed by atoms with van der Waals surface area (Å²) in [6.45, 7) is 1.92. The first kappa shape index (κ1) is 19.4. The van der Waals surface area contributed by atoms with Gasteiger partial charge in [-0.25, -0.2) is 0 Å². The fraction of sp³-hybridized carbons (Fsp3) is 0.160. The first-order valence-corrected chi connectivity index (χ1v) is 10.5. The molecule has 1 amide bonds. The summed E-state index contributed by atoms with van der Waals surface area (Å²) in [6, 6.07) is 28.2. The van der Waals surface area contributed by atoms with Crippen LogP contribution in [0.15, 0.2) is 84.9 Å². The largest absolute Gasteiger partial charge is 0.383 e. The van der Waals surface area contributed by atoms with E-state index in [1.54, 1.807) is 18.3 Å². The van der Waals surface area contributed by atoms with Crippen molar-refractivity contribution in [3.05, 3.63) is 95.4 Å². The van der Waals surface area contributed by atoms with E-state index in [0.29, 0.717) is 0 Å². The van der Waals surface area contributed by atoms with Gasteiger partial charge in [-0.05, 0) is 41.1 Å². The smallest absolute Gasteiger partial charge is 0.224 e. The molecule has 3 nitrogen and oxygen atoms in total. The number of aliphatic hydroxyl groups is 1. The van der Waals surface area contributed by atoms with E-state index in [0.717, 1.165) is 31.7 Å². The lowest BCUT2D eigenvalue weighted by molar-refractivity contribution is -0.121. The average molecular weight is 402 g/mol. The summed E-state index contributed by atoms with van der Waals surface area (Å²) in [4.78, 5) is 13.3. The van der Waals surface area contributed by atoms with Crippen molar-refractivity contribution >= 4 is 27.3 Å². The SMILES string of the molecule is CC(O)(CNC(=O)Cc1ccc(-c2ccccc2)cc1)c1cc2ccccc2s1. The van der Waals surface area contributed by atoms with Gasteiger partial charge in [0.25, 0.3) is 0 Å². The predicted molar refractivity (Wildman–Crippen MR) is 120 cm³/mol. The third-order valence-electron chi connectivity index (χ3n) is 5.01. The lowest BCUT2D eigenvalue weighted by atomic mass is 10.0. The van der Waals surface area contributed by atoms with Crippen LogP contribution in [-0.4, -0.2) is 17.6 Å². The van der Waals surface area contributed by atoms with E-state index in [4.69, 9.17) is 0 Å². The molecule has 0 saturated carbocycles. The van der Waals surface area contributed by atoms with Crippen LogP contribution in [0.5, 0.6) is 0 Å². The van der Waals surface area contributed by atoms with Crippen molar-refractivity contribution in [3.63, 3.8) is 0 Å². The van der Waals surface area contributed by atoms with Crippen LogP contribution in [0.1, 0.15) is 17.4 Å². The molecule has 4 rings (SSSR count). The van der Waals surface area contributed by atoms with Gasteiger partial charge in [-0.15, -0.1) is 11.3 Å². The molecule has 1 atom stereocenters. The Morgan fingerprint density at radius 3 is 2.31 bits per heavy atom. The molecule has 0 fully saturated rings. The second-order valence-electron chi connectivity index (χ2n) is 7.44. The number of thiophene rings is 1. The van der Waals surface area contributed by atoms with Crippen LogP contribution in [-0.2, 0) is 16.8 Å². The predicted octanol–water partition coefficient (Wildman–Crippen LogP) is 5.13. The molecule has 29 heavy (non-hydrogen) atoms. The average Bonchev–Trinajstić information content (AvgIpc) is 3.19. The van der Waals surface area contributed by atoms with Gasteiger partial charge in [-0.1, -0.05) is 72.8 Å². The van der Waals surface area contributed by atoms with Gasteiger partial charge in [0, 0.05) is 9.58 Å². The highest BCUT2D eigenvalue weighted by Gasteiger charge is 2.26. The Labute approximate surface area is 174 Å². The highest BCUT2D eigenvalue weighted by atomic mass is 32.1. The first-order chi connectivity index (χ1) is 14.0. The summed E-state index contributed by atoms with van der Waals surface area (Å²) >= 11 is 1.56. The Balaban J connectivity index is 1.37. The number of benzene rings is 3. The summed E-state index contributed by atoms with van der Waals surface area (Å²) in [6.07, 6.45) is 0.289. The maximum absolute atomic E-state index is 12.4. The zero-order chi connectivity index (χ0) is 20.3. The second kappa shape index (κ2) is 8.19. The number of fused-ring (bicyclic) bond motifs is 1. The van der Waals surface area contributed by atoms with Gasteiger partial charge in [-0.3, -0.25) is 4.79 Å². The normalized spacial score (nSPS) is 13.2. The minimum Gasteiger partial charge on any atom is -0.383 e. The molecule has 1 unspecified atom stereocenters. The first-order valence-electron chi connectivity index (χ1n) is 9.64. The molecule has 146 valence electrons. The monoisotopic (exact) mass is 401 g/mol. The highest BCUT2D eigenvalue weighted by molar-refractivity contribution is 7.19. The Kier molecular flexibility index (Phi) is 5.47. The van der Waals surface area contributed by atoms with Crippen LogP contribution < -0.4 is 5.32 Å². The fourth-order valence-electron chi connectivity index (χ4n) is 3.30. The molecular weight excluding hydrogens is 378 g/mol. The molecule has 4 heteroatoms. The number of carbonyl (C=O) groups excluding carboxylic acids is 1. The molecule has 0 spiro atoms. The van der Waals surface area contributed by atoms with Crippen LogP contribution in [0.4, 0.5) is 0 Å². The van der Waals surface area contributed by atoms with E-state index < -0.39 is 5.60 Å². The van der Waals surface area contributed by atoms with Gasteiger partial charge >= 0.3 is 0 Å². The molecular formula is C25H23NO2S. The van der Waals surface area contributed by atoms with Crippen LogP contribution in [0, 0.1) is 0 Å². The van der Waals surface area contributed by atoms with E-state index in [9.17, 15) is 9.90 Å². The molecule has 4 aromatic rings. The van der Waals surface area contributed by atoms with E-state index >= 15 is 0 Å². The molecule has 2 N–H and O–H groups in total. The van der Waals surface area contributed by atoms with E-state index in [1.165, 1.54) is 0 Å². The van der Waals surface area contributed by atoms with E-state index in [-0.39, 0.29) is 18.9 Å². The standard InChI is InChI=1S/C25H23NO2S/c1-25(28,23-16-21-9-5-6-10-22(21)29-23)17-26-24(27)15-18-11-13-20(14-12-18)19-7-3-2-4-8-19/h2-14,16,28H,15,17H2,1H3,(H,26,27). The third-order valence-corrected chi connectivity index (χ3v) is 6.38. The van der Waals surface area contributed by atoms with Crippen LogP contribution >= 0.6 is 11.3 Å². The number of carbonyl (C=O) groups is 1. The van der Waals surface area contributed by atoms with Crippen molar-refractivity contribution in [1.29, 1.82) is 0 Å². The lowest BCUT2D eigenvalue weighted by Crippen LogP contribution is -2.38. The summed E-state index contributed by atoms with van der Waals surface area (Å²) < 4.78 is 1.13.